The van der Waals surface area contributed by atoms with Crippen LogP contribution in [-0.2, 0) is 15.3 Å². The lowest BCUT2D eigenvalue weighted by Gasteiger charge is -2.61. The smallest absolute Gasteiger partial charge is 0.181 e. The molecule has 0 amide bonds. The highest BCUT2D eigenvalue weighted by Crippen LogP contribution is 2.65. The van der Waals surface area contributed by atoms with E-state index in [-0.39, 0.29) is 33.1 Å². The first-order valence-electron chi connectivity index (χ1n) is 10.4. The summed E-state index contributed by atoms with van der Waals surface area (Å²) in [5.41, 5.74) is 7.08. The van der Waals surface area contributed by atoms with Gasteiger partial charge in [0.15, 0.2) is 9.84 Å². The molecule has 0 bridgehead atoms. The minimum Gasteiger partial charge on any atom is -0.496 e. The SMILES string of the molecule is COc1cc(OC)c2c(c1N)S(=O)(=O)CC1C2(C)CCC2C(C)CCCC21C. The van der Waals surface area contributed by atoms with Gasteiger partial charge in [0.05, 0.1) is 25.7 Å². The maximum absolute atomic E-state index is 13.5. The molecule has 1 aliphatic heterocycles. The molecule has 5 atom stereocenters. The topological polar surface area (TPSA) is 78.6 Å². The van der Waals surface area contributed by atoms with E-state index in [1.54, 1.807) is 13.2 Å². The summed E-state index contributed by atoms with van der Waals surface area (Å²) in [6.07, 6.45) is 5.61. The van der Waals surface area contributed by atoms with Gasteiger partial charge < -0.3 is 15.2 Å². The molecule has 0 spiro atoms. The van der Waals surface area contributed by atoms with Crippen LogP contribution in [0.3, 0.4) is 0 Å². The molecule has 1 aromatic carbocycles. The van der Waals surface area contributed by atoms with Crippen LogP contribution in [0.25, 0.3) is 0 Å². The van der Waals surface area contributed by atoms with Crippen LogP contribution in [-0.4, -0.2) is 28.4 Å². The zero-order valence-electron chi connectivity index (χ0n) is 17.7. The summed E-state index contributed by atoms with van der Waals surface area (Å²) < 4.78 is 38.1. The molecule has 6 heteroatoms. The van der Waals surface area contributed by atoms with Gasteiger partial charge in [-0.15, -0.1) is 0 Å². The Balaban J connectivity index is 2.00. The van der Waals surface area contributed by atoms with Gasteiger partial charge in [-0.05, 0) is 42.4 Å². The van der Waals surface area contributed by atoms with Gasteiger partial charge in [-0.1, -0.05) is 33.6 Å². The fourth-order valence-electron chi connectivity index (χ4n) is 7.04. The Morgan fingerprint density at radius 3 is 2.43 bits per heavy atom. The molecule has 28 heavy (non-hydrogen) atoms. The number of fused-ring (bicyclic) bond motifs is 5. The Labute approximate surface area is 168 Å². The quantitative estimate of drug-likeness (QED) is 0.744. The average Bonchev–Trinajstić information content (AvgIpc) is 2.63. The summed E-state index contributed by atoms with van der Waals surface area (Å²) in [6, 6.07) is 1.76. The highest BCUT2D eigenvalue weighted by molar-refractivity contribution is 7.91. The molecule has 2 aliphatic carbocycles. The second-order valence-electron chi connectivity index (χ2n) is 9.67. The van der Waals surface area contributed by atoms with Crippen LogP contribution in [0, 0.1) is 23.2 Å². The molecule has 0 aromatic heterocycles. The highest BCUT2D eigenvalue weighted by atomic mass is 32.2. The lowest BCUT2D eigenvalue weighted by molar-refractivity contribution is -0.0632. The number of nitrogen functional groups attached to an aromatic ring is 1. The maximum atomic E-state index is 13.5. The van der Waals surface area contributed by atoms with E-state index < -0.39 is 9.84 Å². The van der Waals surface area contributed by atoms with Crippen molar-refractivity contribution >= 4 is 15.5 Å². The lowest BCUT2D eigenvalue weighted by atomic mass is 9.45. The lowest BCUT2D eigenvalue weighted by Crippen LogP contribution is -2.58. The summed E-state index contributed by atoms with van der Waals surface area (Å²) in [5.74, 6) is 2.42. The Morgan fingerprint density at radius 1 is 1.11 bits per heavy atom. The number of ether oxygens (including phenoxy) is 2. The average molecular weight is 408 g/mol. The van der Waals surface area contributed by atoms with Gasteiger partial charge in [0.1, 0.15) is 16.4 Å². The van der Waals surface area contributed by atoms with Crippen LogP contribution in [0.4, 0.5) is 5.69 Å². The van der Waals surface area contributed by atoms with Crippen LogP contribution in [0.15, 0.2) is 11.0 Å². The molecule has 0 radical (unpaired) electrons. The number of sulfone groups is 1. The number of benzene rings is 1. The van der Waals surface area contributed by atoms with Crippen molar-refractivity contribution in [2.45, 2.75) is 63.2 Å². The molecule has 2 fully saturated rings. The molecule has 2 N–H and O–H groups in total. The molecule has 2 saturated carbocycles. The molecule has 3 aliphatic rings. The van der Waals surface area contributed by atoms with Crippen LogP contribution >= 0.6 is 0 Å². The van der Waals surface area contributed by atoms with Gasteiger partial charge in [-0.25, -0.2) is 8.42 Å². The number of hydrogen-bond donors (Lipinski definition) is 1. The standard InChI is InChI=1S/C22H33NO4S/c1-13-7-6-9-21(2)14(13)8-10-22(3)17(21)12-28(24,25)20-18(22)15(26-4)11-16(27-5)19(20)23/h11,13-14,17H,6-10,12,23H2,1-5H3. The van der Waals surface area contributed by atoms with Gasteiger partial charge in [-0.3, -0.25) is 0 Å². The molecule has 1 heterocycles. The molecule has 4 rings (SSSR count). The number of rotatable bonds is 2. The van der Waals surface area contributed by atoms with Gasteiger partial charge in [0.2, 0.25) is 0 Å². The van der Waals surface area contributed by atoms with Crippen molar-refractivity contribution in [1.82, 2.24) is 0 Å². The first kappa shape index (κ1) is 19.9. The van der Waals surface area contributed by atoms with Crippen molar-refractivity contribution in [3.05, 3.63) is 11.6 Å². The van der Waals surface area contributed by atoms with Crippen molar-refractivity contribution in [2.75, 3.05) is 25.7 Å². The molecule has 1 aromatic rings. The number of methoxy groups -OCH3 is 2. The van der Waals surface area contributed by atoms with Crippen molar-refractivity contribution in [1.29, 1.82) is 0 Å². The van der Waals surface area contributed by atoms with E-state index in [4.69, 9.17) is 15.2 Å². The minimum absolute atomic E-state index is 0.0229. The normalized spacial score (nSPS) is 38.7. The van der Waals surface area contributed by atoms with Crippen LogP contribution in [0.5, 0.6) is 11.5 Å². The third-order valence-corrected chi connectivity index (χ3v) is 10.2. The number of anilines is 1. The van der Waals surface area contributed by atoms with Gasteiger partial charge >= 0.3 is 0 Å². The van der Waals surface area contributed by atoms with Gasteiger partial charge in [-0.2, -0.15) is 0 Å². The summed E-state index contributed by atoms with van der Waals surface area (Å²) in [7, 11) is -0.432. The molecular formula is C22H33NO4S. The molecule has 5 nitrogen and oxygen atoms in total. The van der Waals surface area contributed by atoms with E-state index in [1.807, 2.05) is 0 Å². The monoisotopic (exact) mass is 407 g/mol. The van der Waals surface area contributed by atoms with E-state index >= 15 is 0 Å². The van der Waals surface area contributed by atoms with E-state index in [0.29, 0.717) is 23.3 Å². The fraction of sp³-hybridized carbons (Fsp3) is 0.727. The summed E-state index contributed by atoms with van der Waals surface area (Å²) >= 11 is 0. The zero-order chi connectivity index (χ0) is 20.5. The largest absolute Gasteiger partial charge is 0.496 e. The molecule has 0 saturated heterocycles. The highest BCUT2D eigenvalue weighted by Gasteiger charge is 2.61. The third kappa shape index (κ3) is 2.45. The van der Waals surface area contributed by atoms with E-state index in [9.17, 15) is 8.42 Å². The number of hydrogen-bond acceptors (Lipinski definition) is 5. The van der Waals surface area contributed by atoms with Gasteiger partial charge in [0.25, 0.3) is 0 Å². The Kier molecular flexibility index (Phi) is 4.46. The van der Waals surface area contributed by atoms with Gasteiger partial charge in [0, 0.05) is 17.0 Å². The first-order valence-corrected chi connectivity index (χ1v) is 12.0. The molecule has 5 unspecified atom stereocenters. The fourth-order valence-corrected chi connectivity index (χ4v) is 9.48. The Hall–Kier alpha value is -1.43. The van der Waals surface area contributed by atoms with E-state index in [2.05, 4.69) is 20.8 Å². The third-order valence-electron chi connectivity index (χ3n) is 8.40. The summed E-state index contributed by atoms with van der Waals surface area (Å²) in [4.78, 5) is 0.244. The predicted molar refractivity (Wildman–Crippen MR) is 111 cm³/mol. The van der Waals surface area contributed by atoms with Crippen LogP contribution in [0.2, 0.25) is 0 Å². The molecular weight excluding hydrogens is 374 g/mol. The van der Waals surface area contributed by atoms with E-state index in [0.717, 1.165) is 24.8 Å². The van der Waals surface area contributed by atoms with Crippen molar-refractivity contribution in [2.24, 2.45) is 23.2 Å². The zero-order valence-corrected chi connectivity index (χ0v) is 18.5. The summed E-state index contributed by atoms with van der Waals surface area (Å²) in [6.45, 7) is 6.93. The number of nitrogens with two attached hydrogens (primary N) is 1. The van der Waals surface area contributed by atoms with Crippen molar-refractivity contribution in [3.8, 4) is 11.5 Å². The first-order chi connectivity index (χ1) is 13.1. The van der Waals surface area contributed by atoms with Crippen LogP contribution < -0.4 is 15.2 Å². The summed E-state index contributed by atoms with van der Waals surface area (Å²) in [5, 5.41) is 0. The van der Waals surface area contributed by atoms with Crippen LogP contribution in [0.1, 0.15) is 58.4 Å². The second-order valence-corrected chi connectivity index (χ2v) is 11.6. The maximum Gasteiger partial charge on any atom is 0.181 e. The second kappa shape index (κ2) is 6.28. The Bertz CT molecular complexity index is 912. The van der Waals surface area contributed by atoms with Crippen molar-refractivity contribution < 1.29 is 17.9 Å². The molecule has 156 valence electrons. The Morgan fingerprint density at radius 2 is 1.79 bits per heavy atom. The van der Waals surface area contributed by atoms with E-state index in [1.165, 1.54) is 20.0 Å². The predicted octanol–water partition coefficient (Wildman–Crippen LogP) is 4.18. The van der Waals surface area contributed by atoms with Crippen molar-refractivity contribution in [3.63, 3.8) is 0 Å². The minimum atomic E-state index is -3.54.